The van der Waals surface area contributed by atoms with Gasteiger partial charge in [0.25, 0.3) is 0 Å². The number of ether oxygens (including phenoxy) is 1. The SMILES string of the molecule is CCOCc1cc2ccccc2cc1I. The van der Waals surface area contributed by atoms with Crippen LogP contribution >= 0.6 is 22.6 Å². The van der Waals surface area contributed by atoms with Crippen LogP contribution < -0.4 is 0 Å². The highest BCUT2D eigenvalue weighted by Crippen LogP contribution is 2.22. The molecule has 0 amide bonds. The molecule has 0 N–H and O–H groups in total. The van der Waals surface area contributed by atoms with Gasteiger partial charge in [-0.2, -0.15) is 0 Å². The summed E-state index contributed by atoms with van der Waals surface area (Å²) >= 11 is 2.37. The lowest BCUT2D eigenvalue weighted by atomic mass is 10.1. The maximum Gasteiger partial charge on any atom is 0.0727 e. The van der Waals surface area contributed by atoms with E-state index in [4.69, 9.17) is 4.74 Å². The Balaban J connectivity index is 2.43. The van der Waals surface area contributed by atoms with Gasteiger partial charge in [-0.25, -0.2) is 0 Å². The Kier molecular flexibility index (Phi) is 3.59. The number of halogens is 1. The second kappa shape index (κ2) is 4.94. The normalized spacial score (nSPS) is 10.8. The van der Waals surface area contributed by atoms with Crippen molar-refractivity contribution in [2.24, 2.45) is 0 Å². The van der Waals surface area contributed by atoms with Crippen LogP contribution in [0.1, 0.15) is 12.5 Å². The second-order valence-corrected chi connectivity index (χ2v) is 4.59. The summed E-state index contributed by atoms with van der Waals surface area (Å²) in [6.07, 6.45) is 0. The van der Waals surface area contributed by atoms with E-state index in [1.54, 1.807) is 0 Å². The van der Waals surface area contributed by atoms with Gasteiger partial charge in [0.05, 0.1) is 6.61 Å². The molecule has 0 bridgehead atoms. The number of rotatable bonds is 3. The summed E-state index contributed by atoms with van der Waals surface area (Å²) in [5.74, 6) is 0. The van der Waals surface area contributed by atoms with E-state index in [0.717, 1.165) is 6.61 Å². The molecule has 0 heterocycles. The number of hydrogen-bond acceptors (Lipinski definition) is 1. The summed E-state index contributed by atoms with van der Waals surface area (Å²) in [6, 6.07) is 12.8. The predicted octanol–water partition coefficient (Wildman–Crippen LogP) is 3.98. The fraction of sp³-hybridized carbons (Fsp3) is 0.231. The van der Waals surface area contributed by atoms with Crippen molar-refractivity contribution in [3.8, 4) is 0 Å². The third-order valence-electron chi connectivity index (χ3n) is 2.38. The minimum Gasteiger partial charge on any atom is -0.377 e. The third-order valence-corrected chi connectivity index (χ3v) is 3.38. The van der Waals surface area contributed by atoms with E-state index in [1.807, 2.05) is 6.92 Å². The monoisotopic (exact) mass is 312 g/mol. The first-order valence-electron chi connectivity index (χ1n) is 5.06. The second-order valence-electron chi connectivity index (χ2n) is 3.43. The van der Waals surface area contributed by atoms with E-state index in [9.17, 15) is 0 Å². The molecule has 0 fully saturated rings. The first-order chi connectivity index (χ1) is 7.31. The smallest absolute Gasteiger partial charge is 0.0727 e. The number of hydrogen-bond donors (Lipinski definition) is 0. The molecule has 0 saturated heterocycles. The van der Waals surface area contributed by atoms with E-state index >= 15 is 0 Å². The average molecular weight is 312 g/mol. The molecule has 0 radical (unpaired) electrons. The molecule has 0 atom stereocenters. The molecule has 0 aromatic heterocycles. The largest absolute Gasteiger partial charge is 0.377 e. The van der Waals surface area contributed by atoms with Crippen molar-refractivity contribution in [1.82, 2.24) is 0 Å². The fourth-order valence-electron chi connectivity index (χ4n) is 1.58. The summed E-state index contributed by atoms with van der Waals surface area (Å²) in [6.45, 7) is 3.50. The van der Waals surface area contributed by atoms with E-state index in [-0.39, 0.29) is 0 Å². The molecule has 78 valence electrons. The van der Waals surface area contributed by atoms with Gasteiger partial charge in [0.1, 0.15) is 0 Å². The summed E-state index contributed by atoms with van der Waals surface area (Å²) in [5, 5.41) is 2.58. The molecule has 1 nitrogen and oxygen atoms in total. The maximum absolute atomic E-state index is 5.44. The van der Waals surface area contributed by atoms with Crippen LogP contribution in [0.5, 0.6) is 0 Å². The molecule has 2 aromatic carbocycles. The van der Waals surface area contributed by atoms with Gasteiger partial charge in [-0.05, 0) is 58.0 Å². The van der Waals surface area contributed by atoms with E-state index < -0.39 is 0 Å². The van der Waals surface area contributed by atoms with Crippen LogP contribution in [0, 0.1) is 3.57 Å². The molecule has 2 aromatic rings. The summed E-state index contributed by atoms with van der Waals surface area (Å²) < 4.78 is 6.72. The minimum atomic E-state index is 0.708. The minimum absolute atomic E-state index is 0.708. The lowest BCUT2D eigenvalue weighted by Crippen LogP contribution is -1.94. The van der Waals surface area contributed by atoms with Gasteiger partial charge in [0.2, 0.25) is 0 Å². The number of benzene rings is 2. The number of fused-ring (bicyclic) bond motifs is 1. The Labute approximate surface area is 104 Å². The van der Waals surface area contributed by atoms with Gasteiger partial charge in [-0.15, -0.1) is 0 Å². The van der Waals surface area contributed by atoms with Gasteiger partial charge < -0.3 is 4.74 Å². The van der Waals surface area contributed by atoms with Gasteiger partial charge in [0, 0.05) is 10.2 Å². The Morgan fingerprint density at radius 3 is 2.47 bits per heavy atom. The predicted molar refractivity (Wildman–Crippen MR) is 72.0 cm³/mol. The molecule has 0 aliphatic carbocycles. The summed E-state index contributed by atoms with van der Waals surface area (Å²) in [4.78, 5) is 0. The highest BCUT2D eigenvalue weighted by molar-refractivity contribution is 14.1. The van der Waals surface area contributed by atoms with Crippen molar-refractivity contribution in [1.29, 1.82) is 0 Å². The zero-order valence-corrected chi connectivity index (χ0v) is 10.8. The van der Waals surface area contributed by atoms with Crippen molar-refractivity contribution in [3.63, 3.8) is 0 Å². The van der Waals surface area contributed by atoms with Crippen molar-refractivity contribution < 1.29 is 4.74 Å². The molecule has 0 saturated carbocycles. The highest BCUT2D eigenvalue weighted by Gasteiger charge is 2.02. The van der Waals surface area contributed by atoms with E-state index in [1.165, 1.54) is 19.9 Å². The van der Waals surface area contributed by atoms with Crippen LogP contribution in [0.4, 0.5) is 0 Å². The molecule has 2 rings (SSSR count). The Bertz CT molecular complexity index is 465. The standard InChI is InChI=1S/C13H13IO/c1-2-15-9-12-7-10-5-3-4-6-11(10)8-13(12)14/h3-8H,2,9H2,1H3. The van der Waals surface area contributed by atoms with E-state index in [0.29, 0.717) is 6.61 Å². The Morgan fingerprint density at radius 2 is 1.80 bits per heavy atom. The summed E-state index contributed by atoms with van der Waals surface area (Å²) in [5.41, 5.74) is 1.27. The zero-order chi connectivity index (χ0) is 10.7. The van der Waals surface area contributed by atoms with Crippen LogP contribution in [0.15, 0.2) is 36.4 Å². The molecule has 0 spiro atoms. The fourth-order valence-corrected chi connectivity index (χ4v) is 2.23. The average Bonchev–Trinajstić information content (AvgIpc) is 2.26. The first kappa shape index (κ1) is 10.9. The highest BCUT2D eigenvalue weighted by atomic mass is 127. The van der Waals surface area contributed by atoms with Crippen molar-refractivity contribution in [2.45, 2.75) is 13.5 Å². The topological polar surface area (TPSA) is 9.23 Å². The molecular formula is C13H13IO. The van der Waals surface area contributed by atoms with Crippen LogP contribution in [0.25, 0.3) is 10.8 Å². The molecular weight excluding hydrogens is 299 g/mol. The quantitative estimate of drug-likeness (QED) is 0.779. The molecule has 0 aliphatic heterocycles. The van der Waals surface area contributed by atoms with Crippen LogP contribution in [-0.2, 0) is 11.3 Å². The molecule has 0 aliphatic rings. The van der Waals surface area contributed by atoms with Crippen molar-refractivity contribution >= 4 is 33.4 Å². The van der Waals surface area contributed by atoms with Crippen LogP contribution in [-0.4, -0.2) is 6.61 Å². The van der Waals surface area contributed by atoms with Gasteiger partial charge in [-0.1, -0.05) is 24.3 Å². The van der Waals surface area contributed by atoms with Crippen LogP contribution in [0.3, 0.4) is 0 Å². The Morgan fingerprint density at radius 1 is 1.13 bits per heavy atom. The molecule has 15 heavy (non-hydrogen) atoms. The lowest BCUT2D eigenvalue weighted by Gasteiger charge is -2.07. The van der Waals surface area contributed by atoms with Crippen molar-refractivity contribution in [3.05, 3.63) is 45.5 Å². The van der Waals surface area contributed by atoms with Crippen molar-refractivity contribution in [2.75, 3.05) is 6.61 Å². The van der Waals surface area contributed by atoms with Crippen LogP contribution in [0.2, 0.25) is 0 Å². The lowest BCUT2D eigenvalue weighted by molar-refractivity contribution is 0.133. The first-order valence-corrected chi connectivity index (χ1v) is 6.14. The van der Waals surface area contributed by atoms with Gasteiger partial charge in [0.15, 0.2) is 0 Å². The van der Waals surface area contributed by atoms with Gasteiger partial charge >= 0.3 is 0 Å². The molecule has 0 unspecified atom stereocenters. The third kappa shape index (κ3) is 2.49. The maximum atomic E-state index is 5.44. The Hall–Kier alpha value is -0.610. The summed E-state index contributed by atoms with van der Waals surface area (Å²) in [7, 11) is 0. The van der Waals surface area contributed by atoms with Gasteiger partial charge in [-0.3, -0.25) is 0 Å². The molecule has 2 heteroatoms. The van der Waals surface area contributed by atoms with E-state index in [2.05, 4.69) is 59.0 Å². The zero-order valence-electron chi connectivity index (χ0n) is 8.66.